The molecule has 2 saturated heterocycles. The summed E-state index contributed by atoms with van der Waals surface area (Å²) in [4.78, 5) is 0. The van der Waals surface area contributed by atoms with E-state index >= 15 is 0 Å². The highest BCUT2D eigenvalue weighted by Crippen LogP contribution is 2.15. The summed E-state index contributed by atoms with van der Waals surface area (Å²) in [6, 6.07) is 0.138. The van der Waals surface area contributed by atoms with E-state index in [4.69, 9.17) is 19.9 Å². The summed E-state index contributed by atoms with van der Waals surface area (Å²) in [6.07, 6.45) is 1.23. The maximum atomic E-state index is 5.86. The van der Waals surface area contributed by atoms with E-state index < -0.39 is 0 Å². The van der Waals surface area contributed by atoms with Crippen molar-refractivity contribution in [3.05, 3.63) is 0 Å². The third-order valence-corrected chi connectivity index (χ3v) is 2.33. The molecule has 2 fully saturated rings. The second-order valence-corrected chi connectivity index (χ2v) is 3.36. The first-order chi connectivity index (χ1) is 5.86. The van der Waals surface area contributed by atoms with Crippen molar-refractivity contribution in [1.82, 2.24) is 0 Å². The molecule has 12 heavy (non-hydrogen) atoms. The van der Waals surface area contributed by atoms with Crippen LogP contribution in [-0.2, 0) is 14.2 Å². The molecule has 2 aliphatic rings. The van der Waals surface area contributed by atoms with Crippen LogP contribution in [0.15, 0.2) is 0 Å². The van der Waals surface area contributed by atoms with Crippen LogP contribution in [0.4, 0.5) is 0 Å². The normalized spacial score (nSPS) is 37.8. The molecule has 0 saturated carbocycles. The summed E-state index contributed by atoms with van der Waals surface area (Å²) in [5.41, 5.74) is 5.86. The molecule has 0 aliphatic carbocycles. The monoisotopic (exact) mass is 173 g/mol. The quantitative estimate of drug-likeness (QED) is 0.612. The van der Waals surface area contributed by atoms with Gasteiger partial charge in [-0.05, 0) is 6.42 Å². The predicted molar refractivity (Wildman–Crippen MR) is 42.9 cm³/mol. The van der Waals surface area contributed by atoms with Crippen molar-refractivity contribution in [1.29, 1.82) is 0 Å². The standard InChI is InChI=1S/C8H15NO3/c9-7-1-2-10-5-8(7)12-6-3-11-4-6/h6-8H,1-5,9H2. The zero-order valence-corrected chi connectivity index (χ0v) is 7.07. The van der Waals surface area contributed by atoms with Crippen molar-refractivity contribution in [2.24, 2.45) is 5.73 Å². The van der Waals surface area contributed by atoms with E-state index in [2.05, 4.69) is 0 Å². The van der Waals surface area contributed by atoms with Crippen LogP contribution in [0.3, 0.4) is 0 Å². The van der Waals surface area contributed by atoms with Gasteiger partial charge in [0.1, 0.15) is 6.10 Å². The van der Waals surface area contributed by atoms with Crippen LogP contribution in [0.25, 0.3) is 0 Å². The number of nitrogens with two attached hydrogens (primary N) is 1. The fourth-order valence-corrected chi connectivity index (χ4v) is 1.41. The number of hydrogen-bond donors (Lipinski definition) is 1. The Bertz CT molecular complexity index is 149. The minimum Gasteiger partial charge on any atom is -0.379 e. The average Bonchev–Trinajstić information content (AvgIpc) is 2.00. The van der Waals surface area contributed by atoms with Crippen LogP contribution in [0, 0.1) is 0 Å². The molecule has 2 heterocycles. The molecule has 2 rings (SSSR count). The first-order valence-corrected chi connectivity index (χ1v) is 4.43. The van der Waals surface area contributed by atoms with Gasteiger partial charge in [0.15, 0.2) is 0 Å². The third kappa shape index (κ3) is 1.77. The van der Waals surface area contributed by atoms with Crippen molar-refractivity contribution in [2.45, 2.75) is 24.7 Å². The largest absolute Gasteiger partial charge is 0.379 e. The Hall–Kier alpha value is -0.160. The molecule has 0 aromatic heterocycles. The molecule has 2 N–H and O–H groups in total. The Labute approximate surface area is 72.0 Å². The molecule has 0 bridgehead atoms. The molecule has 4 heteroatoms. The zero-order chi connectivity index (χ0) is 8.39. The van der Waals surface area contributed by atoms with Crippen LogP contribution >= 0.6 is 0 Å². The van der Waals surface area contributed by atoms with Gasteiger partial charge in [0.2, 0.25) is 0 Å². The fourth-order valence-electron chi connectivity index (χ4n) is 1.41. The van der Waals surface area contributed by atoms with Gasteiger partial charge in [0.25, 0.3) is 0 Å². The van der Waals surface area contributed by atoms with E-state index in [0.717, 1.165) is 13.0 Å². The SMILES string of the molecule is NC1CCOCC1OC1COC1. The summed E-state index contributed by atoms with van der Waals surface area (Å²) >= 11 is 0. The Kier molecular flexibility index (Phi) is 2.60. The summed E-state index contributed by atoms with van der Waals surface area (Å²) < 4.78 is 15.9. The molecule has 0 aromatic rings. The lowest BCUT2D eigenvalue weighted by Gasteiger charge is -2.35. The Morgan fingerprint density at radius 3 is 2.58 bits per heavy atom. The summed E-state index contributed by atoms with van der Waals surface area (Å²) in [7, 11) is 0. The van der Waals surface area contributed by atoms with Gasteiger partial charge in [-0.25, -0.2) is 0 Å². The van der Waals surface area contributed by atoms with Crippen LogP contribution in [0.1, 0.15) is 6.42 Å². The summed E-state index contributed by atoms with van der Waals surface area (Å²) in [6.45, 7) is 2.83. The lowest BCUT2D eigenvalue weighted by molar-refractivity contribution is -0.179. The molecule has 0 amide bonds. The fraction of sp³-hybridized carbons (Fsp3) is 1.00. The van der Waals surface area contributed by atoms with Gasteiger partial charge in [-0.2, -0.15) is 0 Å². The van der Waals surface area contributed by atoms with Crippen LogP contribution in [0.5, 0.6) is 0 Å². The first-order valence-electron chi connectivity index (χ1n) is 4.43. The van der Waals surface area contributed by atoms with Crippen molar-refractivity contribution in [3.63, 3.8) is 0 Å². The van der Waals surface area contributed by atoms with Crippen LogP contribution < -0.4 is 5.73 Å². The van der Waals surface area contributed by atoms with E-state index in [1.54, 1.807) is 0 Å². The Morgan fingerprint density at radius 2 is 2.00 bits per heavy atom. The molecular formula is C8H15NO3. The van der Waals surface area contributed by atoms with E-state index in [0.29, 0.717) is 19.8 Å². The van der Waals surface area contributed by atoms with Gasteiger partial charge in [0.05, 0.1) is 25.9 Å². The van der Waals surface area contributed by atoms with Gasteiger partial charge in [-0.1, -0.05) is 0 Å². The smallest absolute Gasteiger partial charge is 0.105 e. The predicted octanol–water partition coefficient (Wildman–Crippen LogP) is -0.482. The maximum absolute atomic E-state index is 5.86. The van der Waals surface area contributed by atoms with E-state index in [1.807, 2.05) is 0 Å². The molecule has 2 atom stereocenters. The van der Waals surface area contributed by atoms with E-state index in [9.17, 15) is 0 Å². The van der Waals surface area contributed by atoms with Crippen molar-refractivity contribution in [3.8, 4) is 0 Å². The van der Waals surface area contributed by atoms with E-state index in [1.165, 1.54) is 0 Å². The van der Waals surface area contributed by atoms with Gasteiger partial charge in [-0.15, -0.1) is 0 Å². The highest BCUT2D eigenvalue weighted by Gasteiger charge is 2.29. The lowest BCUT2D eigenvalue weighted by atomic mass is 10.1. The second-order valence-electron chi connectivity index (χ2n) is 3.36. The topological polar surface area (TPSA) is 53.7 Å². The molecule has 2 unspecified atom stereocenters. The van der Waals surface area contributed by atoms with Crippen LogP contribution in [0.2, 0.25) is 0 Å². The molecule has 0 spiro atoms. The summed E-state index contributed by atoms with van der Waals surface area (Å²) in [5.74, 6) is 0. The molecule has 70 valence electrons. The Balaban J connectivity index is 1.76. The number of rotatable bonds is 2. The molecule has 0 aromatic carbocycles. The average molecular weight is 173 g/mol. The Morgan fingerprint density at radius 1 is 1.17 bits per heavy atom. The van der Waals surface area contributed by atoms with Gasteiger partial charge in [-0.3, -0.25) is 0 Å². The third-order valence-electron chi connectivity index (χ3n) is 2.33. The molecule has 4 nitrogen and oxygen atoms in total. The van der Waals surface area contributed by atoms with Crippen molar-refractivity contribution >= 4 is 0 Å². The number of hydrogen-bond acceptors (Lipinski definition) is 4. The first kappa shape index (κ1) is 8.44. The highest BCUT2D eigenvalue weighted by atomic mass is 16.6. The van der Waals surface area contributed by atoms with Gasteiger partial charge in [0, 0.05) is 12.6 Å². The second kappa shape index (κ2) is 3.70. The maximum Gasteiger partial charge on any atom is 0.105 e. The van der Waals surface area contributed by atoms with E-state index in [-0.39, 0.29) is 18.2 Å². The lowest BCUT2D eigenvalue weighted by Crippen LogP contribution is -2.50. The van der Waals surface area contributed by atoms with Crippen molar-refractivity contribution < 1.29 is 14.2 Å². The molecule has 0 radical (unpaired) electrons. The van der Waals surface area contributed by atoms with Crippen LogP contribution in [-0.4, -0.2) is 44.7 Å². The molecular weight excluding hydrogens is 158 g/mol. The zero-order valence-electron chi connectivity index (χ0n) is 7.07. The van der Waals surface area contributed by atoms with Gasteiger partial charge < -0.3 is 19.9 Å². The summed E-state index contributed by atoms with van der Waals surface area (Å²) in [5, 5.41) is 0. The number of ether oxygens (including phenoxy) is 3. The molecule has 2 aliphatic heterocycles. The highest BCUT2D eigenvalue weighted by molar-refractivity contribution is 4.79. The van der Waals surface area contributed by atoms with Gasteiger partial charge >= 0.3 is 0 Å². The minimum atomic E-state index is 0.0765. The van der Waals surface area contributed by atoms with Crippen molar-refractivity contribution in [2.75, 3.05) is 26.4 Å². The minimum absolute atomic E-state index is 0.0765.